The van der Waals surface area contributed by atoms with Gasteiger partial charge in [0.15, 0.2) is 5.16 Å². The quantitative estimate of drug-likeness (QED) is 0.593. The topological polar surface area (TPSA) is 97.2 Å². The van der Waals surface area contributed by atoms with Crippen LogP contribution in [0.5, 0.6) is 0 Å². The van der Waals surface area contributed by atoms with Crippen molar-refractivity contribution in [3.63, 3.8) is 0 Å². The van der Waals surface area contributed by atoms with Gasteiger partial charge in [0.2, 0.25) is 11.8 Å². The van der Waals surface area contributed by atoms with Crippen molar-refractivity contribution in [3.8, 4) is 5.69 Å². The number of carbonyl (C=O) groups excluding carboxylic acids is 3. The summed E-state index contributed by atoms with van der Waals surface area (Å²) in [5.74, 6) is -0.159. The smallest absolute Gasteiger partial charge is 0.252 e. The molecule has 1 aliphatic heterocycles. The minimum Gasteiger partial charge on any atom is -0.318 e. The Balaban J connectivity index is 1.56. The summed E-state index contributed by atoms with van der Waals surface area (Å²) in [6, 6.07) is 7.92. The molecule has 4 rings (SSSR count). The van der Waals surface area contributed by atoms with Gasteiger partial charge in [0.1, 0.15) is 17.9 Å². The van der Waals surface area contributed by atoms with Crippen molar-refractivity contribution in [3.05, 3.63) is 35.7 Å². The number of nitrogens with zero attached hydrogens (tertiary/aromatic N) is 4. The molecule has 0 atom stereocenters. The molecule has 2 fully saturated rings. The molecule has 0 radical (unpaired) electrons. The van der Waals surface area contributed by atoms with Crippen LogP contribution in [0, 0.1) is 13.8 Å². The summed E-state index contributed by atoms with van der Waals surface area (Å²) in [4.78, 5) is 39.4. The second-order valence-electron chi connectivity index (χ2n) is 7.89. The van der Waals surface area contributed by atoms with Crippen LogP contribution in [-0.2, 0) is 14.4 Å². The van der Waals surface area contributed by atoms with Crippen LogP contribution >= 0.6 is 11.8 Å². The number of aromatic nitrogens is 3. The Hall–Kier alpha value is -2.68. The summed E-state index contributed by atoms with van der Waals surface area (Å²) in [6.07, 6.45) is 3.99. The summed E-state index contributed by atoms with van der Waals surface area (Å²) >= 11 is 1.28. The summed E-state index contributed by atoms with van der Waals surface area (Å²) in [5, 5.41) is 11.5. The van der Waals surface area contributed by atoms with E-state index in [1.807, 2.05) is 42.7 Å². The van der Waals surface area contributed by atoms with Crippen LogP contribution in [0.25, 0.3) is 5.69 Å². The van der Waals surface area contributed by atoms with Gasteiger partial charge in [-0.15, -0.1) is 10.2 Å². The Kier molecular flexibility index (Phi) is 5.64. The van der Waals surface area contributed by atoms with E-state index >= 15 is 0 Å². The summed E-state index contributed by atoms with van der Waals surface area (Å²) in [6.45, 7) is 3.81. The Morgan fingerprint density at radius 1 is 1.13 bits per heavy atom. The van der Waals surface area contributed by atoms with Gasteiger partial charge in [0.05, 0.1) is 11.4 Å². The molecule has 1 N–H and O–H groups in total. The lowest BCUT2D eigenvalue weighted by Gasteiger charge is -2.47. The van der Waals surface area contributed by atoms with Gasteiger partial charge in [-0.25, -0.2) is 0 Å². The highest BCUT2D eigenvalue weighted by atomic mass is 32.2. The van der Waals surface area contributed by atoms with Gasteiger partial charge in [0.25, 0.3) is 5.91 Å². The number of hydrogen-bond donors (Lipinski definition) is 1. The Morgan fingerprint density at radius 3 is 2.60 bits per heavy atom. The molecule has 2 aromatic rings. The van der Waals surface area contributed by atoms with E-state index in [0.29, 0.717) is 18.0 Å². The molecule has 9 heteroatoms. The number of carbonyl (C=O) groups is 3. The second kappa shape index (κ2) is 8.22. The highest BCUT2D eigenvalue weighted by Gasteiger charge is 2.50. The molecule has 8 nitrogen and oxygen atoms in total. The van der Waals surface area contributed by atoms with Gasteiger partial charge in [-0.3, -0.25) is 24.3 Å². The fourth-order valence-electron chi connectivity index (χ4n) is 4.39. The summed E-state index contributed by atoms with van der Waals surface area (Å²) in [7, 11) is 0. The minimum absolute atomic E-state index is 0.0748. The van der Waals surface area contributed by atoms with Gasteiger partial charge in [-0.05, 0) is 38.3 Å². The van der Waals surface area contributed by atoms with Crippen LogP contribution in [-0.4, -0.2) is 55.2 Å². The fourth-order valence-corrected chi connectivity index (χ4v) is 5.26. The number of hydrogen-bond acceptors (Lipinski definition) is 6. The lowest BCUT2D eigenvalue weighted by Crippen LogP contribution is -2.69. The third-order valence-corrected chi connectivity index (χ3v) is 6.87. The van der Waals surface area contributed by atoms with Gasteiger partial charge in [-0.2, -0.15) is 0 Å². The number of aryl methyl sites for hydroxylation is 2. The number of benzene rings is 1. The molecule has 158 valence electrons. The molecule has 1 aromatic carbocycles. The predicted octanol–water partition coefficient (Wildman–Crippen LogP) is 2.16. The van der Waals surface area contributed by atoms with E-state index in [0.717, 1.165) is 36.3 Å². The first-order valence-electron chi connectivity index (χ1n) is 10.2. The van der Waals surface area contributed by atoms with Crippen molar-refractivity contribution < 1.29 is 14.4 Å². The Morgan fingerprint density at radius 2 is 1.87 bits per heavy atom. The lowest BCUT2D eigenvalue weighted by atomic mass is 9.78. The number of amides is 3. The first-order valence-corrected chi connectivity index (χ1v) is 11.2. The molecule has 2 aliphatic rings. The number of imide groups is 1. The highest BCUT2D eigenvalue weighted by Crippen LogP contribution is 2.36. The van der Waals surface area contributed by atoms with Crippen LogP contribution < -0.4 is 5.32 Å². The van der Waals surface area contributed by atoms with Gasteiger partial charge >= 0.3 is 0 Å². The second-order valence-corrected chi connectivity index (χ2v) is 8.83. The molecule has 0 unspecified atom stereocenters. The van der Waals surface area contributed by atoms with E-state index < -0.39 is 11.4 Å². The van der Waals surface area contributed by atoms with Crippen molar-refractivity contribution in [2.45, 2.75) is 56.6 Å². The maximum Gasteiger partial charge on any atom is 0.252 e. The molecular formula is C21H25N5O3S. The van der Waals surface area contributed by atoms with Crippen molar-refractivity contribution in [1.29, 1.82) is 0 Å². The van der Waals surface area contributed by atoms with Crippen LogP contribution in [0.3, 0.4) is 0 Å². The number of thioether (sulfide) groups is 1. The van der Waals surface area contributed by atoms with Crippen molar-refractivity contribution in [2.24, 2.45) is 0 Å². The van der Waals surface area contributed by atoms with Gasteiger partial charge in [-0.1, -0.05) is 49.2 Å². The van der Waals surface area contributed by atoms with E-state index in [1.54, 1.807) is 0 Å². The standard InChI is InChI=1S/C21H25N5O3S/c1-14-8-4-5-9-16(14)26-15(2)23-24-20(26)30-13-18(28)25-12-17(27)22-19(29)21(25)10-6-3-7-11-21/h4-5,8-9H,3,6-7,10-13H2,1-2H3,(H,22,27,29). The van der Waals surface area contributed by atoms with Crippen LogP contribution in [0.2, 0.25) is 0 Å². The van der Waals surface area contributed by atoms with E-state index in [1.165, 1.54) is 16.7 Å². The predicted molar refractivity (Wildman–Crippen MR) is 112 cm³/mol. The molecule has 1 saturated carbocycles. The third kappa shape index (κ3) is 3.62. The zero-order valence-corrected chi connectivity index (χ0v) is 18.0. The Labute approximate surface area is 179 Å². The first-order chi connectivity index (χ1) is 14.4. The highest BCUT2D eigenvalue weighted by molar-refractivity contribution is 7.99. The number of piperazine rings is 1. The molecular weight excluding hydrogens is 402 g/mol. The van der Waals surface area contributed by atoms with E-state index in [-0.39, 0.29) is 24.1 Å². The maximum atomic E-state index is 13.2. The normalized spacial score (nSPS) is 18.5. The van der Waals surface area contributed by atoms with E-state index in [9.17, 15) is 14.4 Å². The largest absolute Gasteiger partial charge is 0.318 e. The molecule has 1 saturated heterocycles. The molecule has 3 amide bonds. The molecule has 1 aromatic heterocycles. The third-order valence-electron chi connectivity index (χ3n) is 5.95. The summed E-state index contributed by atoms with van der Waals surface area (Å²) in [5.41, 5.74) is 1.14. The average Bonchev–Trinajstić information content (AvgIpc) is 3.10. The van der Waals surface area contributed by atoms with Crippen molar-refractivity contribution in [1.82, 2.24) is 25.0 Å². The molecule has 2 heterocycles. The first kappa shape index (κ1) is 20.6. The number of rotatable bonds is 4. The molecule has 1 spiro atoms. The molecule has 1 aliphatic carbocycles. The molecule has 0 bridgehead atoms. The average molecular weight is 428 g/mol. The zero-order chi connectivity index (χ0) is 21.3. The maximum absolute atomic E-state index is 13.2. The monoisotopic (exact) mass is 427 g/mol. The van der Waals surface area contributed by atoms with Crippen LogP contribution in [0.4, 0.5) is 0 Å². The molecule has 30 heavy (non-hydrogen) atoms. The zero-order valence-electron chi connectivity index (χ0n) is 17.2. The van der Waals surface area contributed by atoms with Crippen LogP contribution in [0.15, 0.2) is 29.4 Å². The van der Waals surface area contributed by atoms with Gasteiger partial charge < -0.3 is 4.90 Å². The SMILES string of the molecule is Cc1ccccc1-n1c(C)nnc1SCC(=O)N1CC(=O)NC(=O)C12CCCCC2. The van der Waals surface area contributed by atoms with Crippen molar-refractivity contribution >= 4 is 29.5 Å². The number of nitrogens with one attached hydrogen (secondary N) is 1. The summed E-state index contributed by atoms with van der Waals surface area (Å²) < 4.78 is 1.93. The van der Waals surface area contributed by atoms with Gasteiger partial charge in [0, 0.05) is 0 Å². The Bertz CT molecular complexity index is 996. The minimum atomic E-state index is -0.899. The van der Waals surface area contributed by atoms with E-state index in [4.69, 9.17) is 0 Å². The fraction of sp³-hybridized carbons (Fsp3) is 0.476. The number of para-hydroxylation sites is 1. The van der Waals surface area contributed by atoms with E-state index in [2.05, 4.69) is 15.5 Å². The lowest BCUT2D eigenvalue weighted by molar-refractivity contribution is -0.158. The van der Waals surface area contributed by atoms with Crippen molar-refractivity contribution in [2.75, 3.05) is 12.3 Å². The van der Waals surface area contributed by atoms with Crippen LogP contribution in [0.1, 0.15) is 43.5 Å².